The quantitative estimate of drug-likeness (QED) is 0.148. The Labute approximate surface area is 223 Å². The second kappa shape index (κ2) is 13.0. The van der Waals surface area contributed by atoms with Gasteiger partial charge in [0, 0.05) is 14.6 Å². The van der Waals surface area contributed by atoms with E-state index in [-0.39, 0.29) is 12.5 Å². The third-order valence-electron chi connectivity index (χ3n) is 4.33. The molecule has 0 fully saturated rings. The van der Waals surface area contributed by atoms with E-state index in [2.05, 4.69) is 70.3 Å². The molecule has 0 spiro atoms. The SMILES string of the molecule is CCOc1cc(/C=N\NC(=O)CNc2ccc(Br)cc2)cc(I)c1OCc1ccc(Br)cc1. The van der Waals surface area contributed by atoms with Crippen LogP contribution in [0.15, 0.2) is 74.7 Å². The maximum Gasteiger partial charge on any atom is 0.259 e. The largest absolute Gasteiger partial charge is 0.490 e. The van der Waals surface area contributed by atoms with E-state index in [0.717, 1.165) is 29.3 Å². The summed E-state index contributed by atoms with van der Waals surface area (Å²) < 4.78 is 14.7. The number of nitrogens with one attached hydrogen (secondary N) is 2. The minimum atomic E-state index is -0.247. The molecule has 1 amide bonds. The summed E-state index contributed by atoms with van der Waals surface area (Å²) in [5, 5.41) is 7.11. The number of benzene rings is 3. The third-order valence-corrected chi connectivity index (χ3v) is 6.19. The number of carbonyl (C=O) groups is 1. The van der Waals surface area contributed by atoms with Crippen LogP contribution in [0.25, 0.3) is 0 Å². The molecule has 0 atom stereocenters. The summed E-state index contributed by atoms with van der Waals surface area (Å²) in [6.45, 7) is 2.97. The van der Waals surface area contributed by atoms with Gasteiger partial charge in [-0.05, 0) is 89.2 Å². The minimum Gasteiger partial charge on any atom is -0.490 e. The highest BCUT2D eigenvalue weighted by Gasteiger charge is 2.12. The lowest BCUT2D eigenvalue weighted by molar-refractivity contribution is -0.119. The number of hydrogen-bond acceptors (Lipinski definition) is 5. The van der Waals surface area contributed by atoms with Crippen LogP contribution in [0.4, 0.5) is 5.69 Å². The molecular weight excluding hydrogens is 665 g/mol. The Morgan fingerprint density at radius 1 is 1.03 bits per heavy atom. The van der Waals surface area contributed by atoms with Gasteiger partial charge in [0.2, 0.25) is 0 Å². The highest BCUT2D eigenvalue weighted by Crippen LogP contribution is 2.34. The van der Waals surface area contributed by atoms with Crippen molar-refractivity contribution >= 4 is 72.3 Å². The van der Waals surface area contributed by atoms with Gasteiger partial charge in [0.25, 0.3) is 5.91 Å². The summed E-state index contributed by atoms with van der Waals surface area (Å²) in [5.41, 5.74) is 5.23. The van der Waals surface area contributed by atoms with Gasteiger partial charge >= 0.3 is 0 Å². The first-order valence-electron chi connectivity index (χ1n) is 10.1. The molecule has 0 heterocycles. The first-order chi connectivity index (χ1) is 15.9. The molecule has 172 valence electrons. The van der Waals surface area contributed by atoms with E-state index in [1.54, 1.807) is 6.21 Å². The summed E-state index contributed by atoms with van der Waals surface area (Å²) in [6.07, 6.45) is 1.58. The Kier molecular flexibility index (Phi) is 10.0. The lowest BCUT2D eigenvalue weighted by Gasteiger charge is -2.15. The Morgan fingerprint density at radius 3 is 2.36 bits per heavy atom. The molecule has 0 aliphatic carbocycles. The van der Waals surface area contributed by atoms with E-state index < -0.39 is 0 Å². The van der Waals surface area contributed by atoms with Crippen LogP contribution in [0.5, 0.6) is 11.5 Å². The lowest BCUT2D eigenvalue weighted by Crippen LogP contribution is -2.25. The van der Waals surface area contributed by atoms with E-state index >= 15 is 0 Å². The highest BCUT2D eigenvalue weighted by atomic mass is 127. The fraction of sp³-hybridized carbons (Fsp3) is 0.167. The zero-order chi connectivity index (χ0) is 23.6. The fourth-order valence-corrected chi connectivity index (χ4v) is 4.08. The molecule has 0 bridgehead atoms. The number of hydrogen-bond donors (Lipinski definition) is 2. The predicted octanol–water partition coefficient (Wildman–Crippen LogP) is 6.36. The van der Waals surface area contributed by atoms with Gasteiger partial charge in [-0.3, -0.25) is 4.79 Å². The molecule has 3 aromatic rings. The zero-order valence-electron chi connectivity index (χ0n) is 17.8. The fourth-order valence-electron chi connectivity index (χ4n) is 2.77. The molecule has 33 heavy (non-hydrogen) atoms. The summed E-state index contributed by atoms with van der Waals surface area (Å²) in [7, 11) is 0. The van der Waals surface area contributed by atoms with Crippen LogP contribution in [0, 0.1) is 3.57 Å². The second-order valence-electron chi connectivity index (χ2n) is 6.83. The van der Waals surface area contributed by atoms with Crippen LogP contribution >= 0.6 is 54.5 Å². The van der Waals surface area contributed by atoms with Crippen molar-refractivity contribution in [2.24, 2.45) is 5.10 Å². The second-order valence-corrected chi connectivity index (χ2v) is 9.83. The zero-order valence-corrected chi connectivity index (χ0v) is 23.1. The van der Waals surface area contributed by atoms with Gasteiger partial charge in [0.05, 0.1) is 22.9 Å². The van der Waals surface area contributed by atoms with Crippen LogP contribution in [-0.4, -0.2) is 25.3 Å². The van der Waals surface area contributed by atoms with Crippen molar-refractivity contribution in [2.45, 2.75) is 13.5 Å². The van der Waals surface area contributed by atoms with Crippen molar-refractivity contribution in [1.82, 2.24) is 5.43 Å². The third kappa shape index (κ3) is 8.31. The average molecular weight is 687 g/mol. The van der Waals surface area contributed by atoms with Crippen LogP contribution in [0.2, 0.25) is 0 Å². The summed E-state index contributed by atoms with van der Waals surface area (Å²) in [6, 6.07) is 19.3. The molecule has 2 N–H and O–H groups in total. The van der Waals surface area contributed by atoms with E-state index in [9.17, 15) is 4.79 Å². The van der Waals surface area contributed by atoms with Gasteiger partial charge in [-0.25, -0.2) is 5.43 Å². The van der Waals surface area contributed by atoms with Crippen LogP contribution < -0.4 is 20.2 Å². The average Bonchev–Trinajstić information content (AvgIpc) is 2.79. The van der Waals surface area contributed by atoms with Crippen molar-refractivity contribution in [3.05, 3.63) is 84.3 Å². The van der Waals surface area contributed by atoms with Crippen LogP contribution in [0.1, 0.15) is 18.1 Å². The maximum absolute atomic E-state index is 12.1. The number of amides is 1. The number of halogens is 3. The smallest absolute Gasteiger partial charge is 0.259 e. The Morgan fingerprint density at radius 2 is 1.70 bits per heavy atom. The molecule has 0 saturated heterocycles. The first-order valence-corrected chi connectivity index (χ1v) is 12.8. The van der Waals surface area contributed by atoms with Crippen LogP contribution in [-0.2, 0) is 11.4 Å². The van der Waals surface area contributed by atoms with Gasteiger partial charge in [0.1, 0.15) is 6.61 Å². The van der Waals surface area contributed by atoms with Crippen molar-refractivity contribution in [3.63, 3.8) is 0 Å². The number of rotatable bonds is 10. The monoisotopic (exact) mass is 685 g/mol. The van der Waals surface area contributed by atoms with E-state index in [4.69, 9.17) is 9.47 Å². The predicted molar refractivity (Wildman–Crippen MR) is 147 cm³/mol. The van der Waals surface area contributed by atoms with Crippen molar-refractivity contribution in [1.29, 1.82) is 0 Å². The van der Waals surface area contributed by atoms with E-state index in [0.29, 0.717) is 24.7 Å². The molecule has 6 nitrogen and oxygen atoms in total. The van der Waals surface area contributed by atoms with Gasteiger partial charge in [-0.1, -0.05) is 44.0 Å². The topological polar surface area (TPSA) is 72.0 Å². The molecule has 9 heteroatoms. The molecule has 0 saturated carbocycles. The number of nitrogens with zero attached hydrogens (tertiary/aromatic N) is 1. The molecule has 0 unspecified atom stereocenters. The summed E-state index contributed by atoms with van der Waals surface area (Å²) in [4.78, 5) is 12.1. The molecule has 0 radical (unpaired) electrons. The van der Waals surface area contributed by atoms with E-state index in [1.165, 1.54) is 0 Å². The first kappa shape index (κ1) is 25.5. The maximum atomic E-state index is 12.1. The van der Waals surface area contributed by atoms with Gasteiger partial charge < -0.3 is 14.8 Å². The highest BCUT2D eigenvalue weighted by molar-refractivity contribution is 14.1. The van der Waals surface area contributed by atoms with Gasteiger partial charge in [0.15, 0.2) is 11.5 Å². The molecule has 3 aromatic carbocycles. The van der Waals surface area contributed by atoms with E-state index in [1.807, 2.05) is 67.6 Å². The number of hydrazone groups is 1. The number of carbonyl (C=O) groups excluding carboxylic acids is 1. The standard InChI is InChI=1S/C24H22Br2IN3O3/c1-2-32-22-12-17(11-21(27)24(22)33-15-16-3-5-18(25)6-4-16)13-29-30-23(31)14-28-20-9-7-19(26)8-10-20/h3-13,28H,2,14-15H2,1H3,(H,30,31)/b29-13-. The molecule has 0 aliphatic heterocycles. The Balaban J connectivity index is 1.60. The van der Waals surface area contributed by atoms with Crippen molar-refractivity contribution < 1.29 is 14.3 Å². The van der Waals surface area contributed by atoms with Gasteiger partial charge in [-0.2, -0.15) is 5.10 Å². The molecule has 0 aliphatic rings. The normalized spacial score (nSPS) is 10.8. The summed E-state index contributed by atoms with van der Waals surface area (Å²) in [5.74, 6) is 1.06. The van der Waals surface area contributed by atoms with Crippen molar-refractivity contribution in [2.75, 3.05) is 18.5 Å². The molecular formula is C24H22Br2IN3O3. The van der Waals surface area contributed by atoms with Gasteiger partial charge in [-0.15, -0.1) is 0 Å². The van der Waals surface area contributed by atoms with Crippen molar-refractivity contribution in [3.8, 4) is 11.5 Å². The molecule has 3 rings (SSSR count). The van der Waals surface area contributed by atoms with Crippen LogP contribution in [0.3, 0.4) is 0 Å². The number of anilines is 1. The lowest BCUT2D eigenvalue weighted by atomic mass is 10.2. The summed E-state index contributed by atoms with van der Waals surface area (Å²) >= 11 is 9.03. The Bertz CT molecular complexity index is 1110. The number of ether oxygens (including phenoxy) is 2. The Hall–Kier alpha value is -2.11. The molecule has 0 aromatic heterocycles. The minimum absolute atomic E-state index is 0.115.